The van der Waals surface area contributed by atoms with Gasteiger partial charge in [0.1, 0.15) is 5.75 Å². The van der Waals surface area contributed by atoms with E-state index < -0.39 is 0 Å². The van der Waals surface area contributed by atoms with Crippen molar-refractivity contribution in [3.8, 4) is 16.3 Å². The summed E-state index contributed by atoms with van der Waals surface area (Å²) in [6, 6.07) is 7.39. The predicted molar refractivity (Wildman–Crippen MR) is 65.5 cm³/mol. The van der Waals surface area contributed by atoms with Gasteiger partial charge in [-0.15, -0.1) is 11.3 Å². The second kappa shape index (κ2) is 3.24. The molecule has 0 bridgehead atoms. The van der Waals surface area contributed by atoms with Crippen molar-refractivity contribution in [2.45, 2.75) is 0 Å². The third-order valence-electron chi connectivity index (χ3n) is 2.45. The number of phenols is 1. The summed E-state index contributed by atoms with van der Waals surface area (Å²) in [5.74, 6) is 0.290. The van der Waals surface area contributed by atoms with Crippen molar-refractivity contribution in [2.24, 2.45) is 0 Å². The number of hydrogen-bond donors (Lipinski definition) is 3. The van der Waals surface area contributed by atoms with Crippen molar-refractivity contribution < 1.29 is 5.11 Å². The Labute approximate surface area is 95.3 Å². The number of aromatic amines is 1. The Morgan fingerprint density at radius 3 is 2.94 bits per heavy atom. The maximum atomic E-state index is 9.70. The van der Waals surface area contributed by atoms with Gasteiger partial charge in [0.25, 0.3) is 0 Å². The molecule has 4 N–H and O–H groups in total. The Balaban J connectivity index is 2.27. The number of aromatic hydroxyl groups is 1. The summed E-state index contributed by atoms with van der Waals surface area (Å²) in [7, 11) is 0. The zero-order valence-corrected chi connectivity index (χ0v) is 9.08. The second-order valence-corrected chi connectivity index (χ2v) is 4.58. The first kappa shape index (κ1) is 9.23. The smallest absolute Gasteiger partial charge is 0.124 e. The van der Waals surface area contributed by atoms with Crippen molar-refractivity contribution >= 4 is 27.1 Å². The van der Waals surface area contributed by atoms with Gasteiger partial charge in [0, 0.05) is 10.1 Å². The zero-order chi connectivity index (χ0) is 11.1. The van der Waals surface area contributed by atoms with E-state index in [1.54, 1.807) is 23.6 Å². The van der Waals surface area contributed by atoms with Gasteiger partial charge in [-0.3, -0.25) is 5.10 Å². The SMILES string of the molecule is Nc1cn[nH]c1-c1cc2c(O)cccc2s1. The van der Waals surface area contributed by atoms with Crippen LogP contribution >= 0.6 is 11.3 Å². The highest BCUT2D eigenvalue weighted by molar-refractivity contribution is 7.22. The first-order chi connectivity index (χ1) is 7.75. The summed E-state index contributed by atoms with van der Waals surface area (Å²) in [6.07, 6.45) is 1.58. The van der Waals surface area contributed by atoms with E-state index in [0.717, 1.165) is 20.7 Å². The van der Waals surface area contributed by atoms with Crippen LogP contribution in [-0.4, -0.2) is 15.3 Å². The molecule has 1 aromatic carbocycles. The first-order valence-electron chi connectivity index (χ1n) is 4.76. The maximum Gasteiger partial charge on any atom is 0.124 e. The molecule has 0 radical (unpaired) electrons. The molecular weight excluding hydrogens is 222 g/mol. The van der Waals surface area contributed by atoms with Crippen molar-refractivity contribution in [2.75, 3.05) is 5.73 Å². The van der Waals surface area contributed by atoms with Gasteiger partial charge in [0.05, 0.1) is 22.5 Å². The molecule has 2 heterocycles. The van der Waals surface area contributed by atoms with Gasteiger partial charge in [-0.25, -0.2) is 0 Å². The van der Waals surface area contributed by atoms with E-state index in [2.05, 4.69) is 10.2 Å². The van der Waals surface area contributed by atoms with Crippen molar-refractivity contribution in [3.05, 3.63) is 30.5 Å². The van der Waals surface area contributed by atoms with Gasteiger partial charge in [0.2, 0.25) is 0 Å². The number of nitrogens with one attached hydrogen (secondary N) is 1. The van der Waals surface area contributed by atoms with E-state index in [-0.39, 0.29) is 5.75 Å². The molecule has 3 aromatic rings. The lowest BCUT2D eigenvalue weighted by Crippen LogP contribution is -1.83. The normalized spacial score (nSPS) is 11.0. The average molecular weight is 231 g/mol. The number of aromatic nitrogens is 2. The monoisotopic (exact) mass is 231 g/mol. The van der Waals surface area contributed by atoms with Crippen LogP contribution in [0.3, 0.4) is 0 Å². The van der Waals surface area contributed by atoms with Crippen LogP contribution in [0, 0.1) is 0 Å². The molecule has 80 valence electrons. The summed E-state index contributed by atoms with van der Waals surface area (Å²) in [5.41, 5.74) is 7.21. The molecule has 0 atom stereocenters. The Kier molecular flexibility index (Phi) is 1.87. The molecule has 0 aliphatic heterocycles. The topological polar surface area (TPSA) is 74.9 Å². The minimum Gasteiger partial charge on any atom is -0.507 e. The molecule has 0 fully saturated rings. The number of nitrogens with two attached hydrogens (primary N) is 1. The van der Waals surface area contributed by atoms with Crippen LogP contribution in [-0.2, 0) is 0 Å². The van der Waals surface area contributed by atoms with Gasteiger partial charge in [0.15, 0.2) is 0 Å². The number of hydrogen-bond acceptors (Lipinski definition) is 4. The van der Waals surface area contributed by atoms with E-state index in [4.69, 9.17) is 5.73 Å². The average Bonchev–Trinajstić information content (AvgIpc) is 2.84. The minimum atomic E-state index is 0.290. The fourth-order valence-electron chi connectivity index (χ4n) is 1.66. The van der Waals surface area contributed by atoms with E-state index in [9.17, 15) is 5.11 Å². The van der Waals surface area contributed by atoms with Crippen LogP contribution in [0.25, 0.3) is 20.7 Å². The summed E-state index contributed by atoms with van der Waals surface area (Å²) in [5, 5.41) is 17.3. The highest BCUT2D eigenvalue weighted by atomic mass is 32.1. The fraction of sp³-hybridized carbons (Fsp3) is 0. The molecule has 0 spiro atoms. The van der Waals surface area contributed by atoms with E-state index >= 15 is 0 Å². The van der Waals surface area contributed by atoms with Crippen LogP contribution in [0.1, 0.15) is 0 Å². The highest BCUT2D eigenvalue weighted by Gasteiger charge is 2.10. The van der Waals surface area contributed by atoms with Crippen LogP contribution in [0.5, 0.6) is 5.75 Å². The summed E-state index contributed by atoms with van der Waals surface area (Å²) < 4.78 is 1.03. The molecule has 2 aromatic heterocycles. The number of phenolic OH excluding ortho intramolecular Hbond substituents is 1. The standard InChI is InChI=1S/C11H9N3OS/c12-7-5-13-14-11(7)10-4-6-8(15)2-1-3-9(6)16-10/h1-5,15H,12H2,(H,13,14). The highest BCUT2D eigenvalue weighted by Crippen LogP contribution is 2.38. The number of fused-ring (bicyclic) bond motifs is 1. The lowest BCUT2D eigenvalue weighted by molar-refractivity contribution is 0.482. The van der Waals surface area contributed by atoms with Crippen molar-refractivity contribution in [1.29, 1.82) is 0 Å². The molecule has 0 amide bonds. The Bertz CT molecular complexity index is 656. The Morgan fingerprint density at radius 1 is 1.38 bits per heavy atom. The van der Waals surface area contributed by atoms with Crippen LogP contribution in [0.15, 0.2) is 30.5 Å². The number of benzene rings is 1. The van der Waals surface area contributed by atoms with Crippen molar-refractivity contribution in [1.82, 2.24) is 10.2 Å². The maximum absolute atomic E-state index is 9.70. The van der Waals surface area contributed by atoms with Crippen LogP contribution < -0.4 is 5.73 Å². The molecule has 3 rings (SSSR count). The lowest BCUT2D eigenvalue weighted by Gasteiger charge is -1.91. The Morgan fingerprint density at radius 2 is 2.25 bits per heavy atom. The van der Waals surface area contributed by atoms with E-state index in [0.29, 0.717) is 5.69 Å². The van der Waals surface area contributed by atoms with Gasteiger partial charge < -0.3 is 10.8 Å². The number of rotatable bonds is 1. The number of anilines is 1. The predicted octanol–water partition coefficient (Wildman–Crippen LogP) is 2.58. The van der Waals surface area contributed by atoms with E-state index in [1.165, 1.54) is 0 Å². The summed E-state index contributed by atoms with van der Waals surface area (Å²) in [4.78, 5) is 0.978. The van der Waals surface area contributed by atoms with Gasteiger partial charge >= 0.3 is 0 Å². The second-order valence-electron chi connectivity index (χ2n) is 3.50. The van der Waals surface area contributed by atoms with Crippen LogP contribution in [0.2, 0.25) is 0 Å². The van der Waals surface area contributed by atoms with Gasteiger partial charge in [-0.05, 0) is 18.2 Å². The third kappa shape index (κ3) is 1.25. The summed E-state index contributed by atoms with van der Waals surface area (Å²) >= 11 is 1.57. The minimum absolute atomic E-state index is 0.290. The fourth-order valence-corrected chi connectivity index (χ4v) is 2.76. The number of H-pyrrole nitrogens is 1. The molecule has 0 saturated carbocycles. The molecule has 0 aliphatic carbocycles. The lowest BCUT2D eigenvalue weighted by atomic mass is 10.2. The van der Waals surface area contributed by atoms with Crippen molar-refractivity contribution in [3.63, 3.8) is 0 Å². The summed E-state index contributed by atoms with van der Waals surface area (Å²) in [6.45, 7) is 0. The molecule has 4 nitrogen and oxygen atoms in total. The number of nitrogen functional groups attached to an aromatic ring is 1. The van der Waals surface area contributed by atoms with Gasteiger partial charge in [-0.2, -0.15) is 5.10 Å². The molecule has 0 saturated heterocycles. The molecule has 16 heavy (non-hydrogen) atoms. The third-order valence-corrected chi connectivity index (χ3v) is 3.57. The Hall–Kier alpha value is -2.01. The van der Waals surface area contributed by atoms with Gasteiger partial charge in [-0.1, -0.05) is 6.07 Å². The van der Waals surface area contributed by atoms with E-state index in [1.807, 2.05) is 18.2 Å². The molecular formula is C11H9N3OS. The first-order valence-corrected chi connectivity index (χ1v) is 5.58. The molecule has 0 unspecified atom stereocenters. The molecule has 5 heteroatoms. The largest absolute Gasteiger partial charge is 0.507 e. The van der Waals surface area contributed by atoms with Crippen LogP contribution in [0.4, 0.5) is 5.69 Å². The number of nitrogens with zero attached hydrogens (tertiary/aromatic N) is 1. The zero-order valence-electron chi connectivity index (χ0n) is 8.27. The molecule has 0 aliphatic rings. The quantitative estimate of drug-likeness (QED) is 0.602. The number of thiophene rings is 1.